The van der Waals surface area contributed by atoms with Crippen molar-refractivity contribution >= 4 is 23.5 Å². The first kappa shape index (κ1) is 22.8. The molecule has 0 heterocycles. The van der Waals surface area contributed by atoms with Crippen molar-refractivity contribution in [2.24, 2.45) is 0 Å². The molecule has 1 unspecified atom stereocenters. The van der Waals surface area contributed by atoms with E-state index >= 15 is 0 Å². The molecule has 0 radical (unpaired) electrons. The lowest BCUT2D eigenvalue weighted by Crippen LogP contribution is -2.24. The highest BCUT2D eigenvalue weighted by molar-refractivity contribution is 7.99. The van der Waals surface area contributed by atoms with Gasteiger partial charge in [0.05, 0.1) is 18.6 Å². The van der Waals surface area contributed by atoms with E-state index in [0.29, 0.717) is 17.4 Å². The summed E-state index contributed by atoms with van der Waals surface area (Å²) in [6.45, 7) is 2.24. The zero-order chi connectivity index (χ0) is 20.6. The molecular weight excluding hydrogens is 409 g/mol. The van der Waals surface area contributed by atoms with E-state index in [4.69, 9.17) is 14.2 Å². The van der Waals surface area contributed by atoms with Crippen molar-refractivity contribution < 1.29 is 27.4 Å². The lowest BCUT2D eigenvalue weighted by atomic mass is 10.2. The second-order valence-corrected chi connectivity index (χ2v) is 7.88. The molecule has 0 aliphatic carbocycles. The number of hydrogen-bond donors (Lipinski definition) is 0. The lowest BCUT2D eigenvalue weighted by Gasteiger charge is -2.18. The molecule has 0 fully saturated rings. The smallest absolute Gasteiger partial charge is 0.416 e. The van der Waals surface area contributed by atoms with Crippen LogP contribution in [-0.2, 0) is 10.9 Å². The number of thioether (sulfide) groups is 2. The first-order valence-electron chi connectivity index (χ1n) is 8.51. The topological polar surface area (TPSA) is 27.7 Å². The number of ether oxygens (including phenoxy) is 3. The largest absolute Gasteiger partial charge is 0.496 e. The van der Waals surface area contributed by atoms with E-state index in [0.717, 1.165) is 28.3 Å². The van der Waals surface area contributed by atoms with Crippen LogP contribution in [0.2, 0.25) is 0 Å². The zero-order valence-corrected chi connectivity index (χ0v) is 17.5. The molecule has 1 atom stereocenters. The van der Waals surface area contributed by atoms with E-state index in [9.17, 15) is 13.2 Å². The van der Waals surface area contributed by atoms with E-state index in [2.05, 4.69) is 0 Å². The van der Waals surface area contributed by atoms with Gasteiger partial charge in [-0.1, -0.05) is 0 Å². The quantitative estimate of drug-likeness (QED) is 0.344. The number of alkyl halides is 3. The van der Waals surface area contributed by atoms with Crippen LogP contribution in [0.25, 0.3) is 0 Å². The Hall–Kier alpha value is -1.51. The second-order valence-electron chi connectivity index (χ2n) is 5.97. The summed E-state index contributed by atoms with van der Waals surface area (Å²) in [4.78, 5) is 1.09. The van der Waals surface area contributed by atoms with E-state index in [-0.39, 0.29) is 12.7 Å². The molecule has 0 spiro atoms. The molecule has 0 N–H and O–H groups in total. The summed E-state index contributed by atoms with van der Waals surface area (Å²) in [5.74, 6) is 2.40. The summed E-state index contributed by atoms with van der Waals surface area (Å²) in [6.07, 6.45) is -2.61. The van der Waals surface area contributed by atoms with Gasteiger partial charge in [-0.15, -0.1) is 23.5 Å². The highest BCUT2D eigenvalue weighted by atomic mass is 32.2. The third-order valence-corrected chi connectivity index (χ3v) is 5.34. The third-order valence-electron chi connectivity index (χ3n) is 3.84. The van der Waals surface area contributed by atoms with Gasteiger partial charge < -0.3 is 14.2 Å². The van der Waals surface area contributed by atoms with Crippen LogP contribution >= 0.6 is 23.5 Å². The Bertz CT molecular complexity index is 736. The standard InChI is InChI=1S/C20H23F3O3S2/c1-14-10-18(8-9-19(14)24-2)28-12-17(26-13-27-3)11-25-16-6-4-15(5-7-16)20(21,22)23/h4-10,17H,11-13H2,1-3H3. The van der Waals surface area contributed by atoms with Crippen LogP contribution in [0.1, 0.15) is 11.1 Å². The van der Waals surface area contributed by atoms with E-state index in [1.165, 1.54) is 12.1 Å². The van der Waals surface area contributed by atoms with Crippen LogP contribution < -0.4 is 9.47 Å². The first-order chi connectivity index (χ1) is 13.3. The summed E-state index contributed by atoms with van der Waals surface area (Å²) in [6, 6.07) is 10.6. The molecule has 8 heteroatoms. The van der Waals surface area contributed by atoms with E-state index < -0.39 is 11.7 Å². The molecule has 0 bridgehead atoms. The SMILES string of the molecule is COc1ccc(SCC(COc2ccc(C(F)(F)F)cc2)OCSC)cc1C. The maximum absolute atomic E-state index is 12.6. The minimum absolute atomic E-state index is 0.192. The van der Waals surface area contributed by atoms with Crippen molar-refractivity contribution in [3.05, 3.63) is 53.6 Å². The third kappa shape index (κ3) is 7.14. The Balaban J connectivity index is 1.92. The van der Waals surface area contributed by atoms with Gasteiger partial charge in [-0.3, -0.25) is 0 Å². The Morgan fingerprint density at radius 1 is 1.07 bits per heavy atom. The van der Waals surface area contributed by atoms with Crippen molar-refractivity contribution in [3.63, 3.8) is 0 Å². The van der Waals surface area contributed by atoms with Gasteiger partial charge in [0.1, 0.15) is 24.2 Å². The van der Waals surface area contributed by atoms with Crippen molar-refractivity contribution in [1.29, 1.82) is 0 Å². The number of rotatable bonds is 10. The van der Waals surface area contributed by atoms with Gasteiger partial charge in [0.15, 0.2) is 0 Å². The van der Waals surface area contributed by atoms with E-state index in [1.807, 2.05) is 31.4 Å². The first-order valence-corrected chi connectivity index (χ1v) is 10.9. The number of aryl methyl sites for hydroxylation is 1. The summed E-state index contributed by atoms with van der Waals surface area (Å²) < 4.78 is 54.6. The number of halogens is 3. The Morgan fingerprint density at radius 2 is 1.79 bits per heavy atom. The fourth-order valence-electron chi connectivity index (χ4n) is 2.37. The van der Waals surface area contributed by atoms with Crippen LogP contribution in [-0.4, -0.2) is 37.8 Å². The normalized spacial score (nSPS) is 12.6. The minimum Gasteiger partial charge on any atom is -0.496 e. The summed E-state index contributed by atoms with van der Waals surface area (Å²) in [5, 5.41) is 0. The number of benzene rings is 2. The molecule has 3 nitrogen and oxygen atoms in total. The molecule has 28 heavy (non-hydrogen) atoms. The number of hydrogen-bond acceptors (Lipinski definition) is 5. The molecule has 0 saturated carbocycles. The molecule has 0 aromatic heterocycles. The fraction of sp³-hybridized carbons (Fsp3) is 0.400. The minimum atomic E-state index is -4.35. The average molecular weight is 433 g/mol. The Labute approximate surface area is 171 Å². The van der Waals surface area contributed by atoms with Crippen molar-refractivity contribution in [3.8, 4) is 11.5 Å². The predicted octanol–water partition coefficient (Wildman–Crippen LogP) is 5.90. The maximum atomic E-state index is 12.6. The van der Waals surface area contributed by atoms with Crippen LogP contribution in [0.4, 0.5) is 13.2 Å². The lowest BCUT2D eigenvalue weighted by molar-refractivity contribution is -0.137. The van der Waals surface area contributed by atoms with Crippen molar-refractivity contribution in [2.45, 2.75) is 24.1 Å². The van der Waals surface area contributed by atoms with Crippen LogP contribution in [0.5, 0.6) is 11.5 Å². The van der Waals surface area contributed by atoms with Gasteiger partial charge in [-0.2, -0.15) is 13.2 Å². The molecule has 2 aromatic carbocycles. The predicted molar refractivity (Wildman–Crippen MR) is 109 cm³/mol. The Kier molecular flexibility index (Phi) is 8.85. The molecule has 2 rings (SSSR count). The van der Waals surface area contributed by atoms with Gasteiger partial charge in [-0.25, -0.2) is 0 Å². The number of methoxy groups -OCH3 is 1. The molecule has 0 amide bonds. The molecule has 2 aromatic rings. The van der Waals surface area contributed by atoms with Crippen LogP contribution in [0.15, 0.2) is 47.4 Å². The van der Waals surface area contributed by atoms with Gasteiger partial charge in [-0.05, 0) is 61.2 Å². The molecule has 0 saturated heterocycles. The second kappa shape index (κ2) is 10.9. The van der Waals surface area contributed by atoms with Gasteiger partial charge in [0.2, 0.25) is 0 Å². The van der Waals surface area contributed by atoms with Crippen molar-refractivity contribution in [1.82, 2.24) is 0 Å². The Morgan fingerprint density at radius 3 is 2.36 bits per heavy atom. The van der Waals surface area contributed by atoms with Crippen molar-refractivity contribution in [2.75, 3.05) is 31.7 Å². The fourth-order valence-corrected chi connectivity index (χ4v) is 3.69. The molecule has 0 aliphatic rings. The van der Waals surface area contributed by atoms with E-state index in [1.54, 1.807) is 30.6 Å². The summed E-state index contributed by atoms with van der Waals surface area (Å²) >= 11 is 3.19. The summed E-state index contributed by atoms with van der Waals surface area (Å²) in [5.41, 5.74) is 0.357. The maximum Gasteiger partial charge on any atom is 0.416 e. The van der Waals surface area contributed by atoms with Gasteiger partial charge in [0, 0.05) is 10.6 Å². The monoisotopic (exact) mass is 432 g/mol. The summed E-state index contributed by atoms with van der Waals surface area (Å²) in [7, 11) is 1.64. The highest BCUT2D eigenvalue weighted by Crippen LogP contribution is 2.30. The van der Waals surface area contributed by atoms with Gasteiger partial charge >= 0.3 is 6.18 Å². The van der Waals surface area contributed by atoms with Crippen LogP contribution in [0, 0.1) is 6.92 Å². The average Bonchev–Trinajstić information content (AvgIpc) is 2.67. The zero-order valence-electron chi connectivity index (χ0n) is 15.9. The van der Waals surface area contributed by atoms with Gasteiger partial charge in [0.25, 0.3) is 0 Å². The molecular formula is C20H23F3O3S2. The molecule has 154 valence electrons. The highest BCUT2D eigenvalue weighted by Gasteiger charge is 2.30. The molecule has 0 aliphatic heterocycles. The van der Waals surface area contributed by atoms with Crippen LogP contribution in [0.3, 0.4) is 0 Å².